The summed E-state index contributed by atoms with van der Waals surface area (Å²) in [6.07, 6.45) is 4.17. The molecule has 4 nitrogen and oxygen atoms in total. The van der Waals surface area contributed by atoms with E-state index in [-0.39, 0.29) is 17.4 Å². The van der Waals surface area contributed by atoms with Crippen molar-refractivity contribution in [2.75, 3.05) is 5.75 Å². The zero-order chi connectivity index (χ0) is 10.6. The summed E-state index contributed by atoms with van der Waals surface area (Å²) in [7, 11) is -3.16. The Kier molecular flexibility index (Phi) is 3.92. The Morgan fingerprint density at radius 2 is 1.79 bits per heavy atom. The first-order valence-corrected chi connectivity index (χ1v) is 6.67. The molecule has 0 amide bonds. The van der Waals surface area contributed by atoms with Crippen molar-refractivity contribution in [2.45, 2.75) is 43.8 Å². The molecule has 1 rings (SSSR count). The van der Waals surface area contributed by atoms with E-state index in [4.69, 9.17) is 5.11 Å². The van der Waals surface area contributed by atoms with Gasteiger partial charge in [-0.15, -0.1) is 0 Å². The third-order valence-electron chi connectivity index (χ3n) is 2.66. The number of hydrogen-bond acceptors (Lipinski definition) is 3. The van der Waals surface area contributed by atoms with Crippen molar-refractivity contribution in [2.24, 2.45) is 0 Å². The van der Waals surface area contributed by atoms with Crippen LogP contribution in [0, 0.1) is 0 Å². The minimum absolute atomic E-state index is 0.201. The first-order valence-electron chi connectivity index (χ1n) is 4.96. The highest BCUT2D eigenvalue weighted by molar-refractivity contribution is 7.92. The monoisotopic (exact) mass is 220 g/mol. The minimum Gasteiger partial charge on any atom is -0.481 e. The third kappa shape index (κ3) is 3.29. The molecule has 0 saturated heterocycles. The maximum Gasteiger partial charge on any atom is 0.304 e. The molecule has 5 heteroatoms. The first kappa shape index (κ1) is 11.5. The van der Waals surface area contributed by atoms with Crippen molar-refractivity contribution < 1.29 is 18.3 Å². The van der Waals surface area contributed by atoms with E-state index in [0.29, 0.717) is 12.8 Å². The minimum atomic E-state index is -3.16. The molecule has 0 bridgehead atoms. The van der Waals surface area contributed by atoms with Gasteiger partial charge in [-0.3, -0.25) is 4.79 Å². The Morgan fingerprint density at radius 1 is 1.21 bits per heavy atom. The van der Waals surface area contributed by atoms with Crippen LogP contribution in [0.2, 0.25) is 0 Å². The van der Waals surface area contributed by atoms with Crippen LogP contribution in [-0.4, -0.2) is 30.5 Å². The SMILES string of the molecule is O=C(O)CCS(=O)(=O)C1CCCCC1. The van der Waals surface area contributed by atoms with Gasteiger partial charge in [-0.2, -0.15) is 0 Å². The van der Waals surface area contributed by atoms with Gasteiger partial charge in [0.15, 0.2) is 9.84 Å². The molecular weight excluding hydrogens is 204 g/mol. The second-order valence-corrected chi connectivity index (χ2v) is 6.17. The quantitative estimate of drug-likeness (QED) is 0.773. The largest absolute Gasteiger partial charge is 0.481 e. The molecule has 1 N–H and O–H groups in total. The lowest BCUT2D eigenvalue weighted by Crippen LogP contribution is -2.27. The number of sulfone groups is 1. The summed E-state index contributed by atoms with van der Waals surface area (Å²) in [6, 6.07) is 0. The zero-order valence-corrected chi connectivity index (χ0v) is 8.92. The van der Waals surface area contributed by atoms with Gasteiger partial charge in [0.1, 0.15) is 0 Å². The van der Waals surface area contributed by atoms with Crippen molar-refractivity contribution in [1.29, 1.82) is 0 Å². The number of carboxylic acids is 1. The van der Waals surface area contributed by atoms with E-state index in [2.05, 4.69) is 0 Å². The number of aliphatic carboxylic acids is 1. The maximum atomic E-state index is 11.6. The van der Waals surface area contributed by atoms with Gasteiger partial charge in [-0.25, -0.2) is 8.42 Å². The normalized spacial score (nSPS) is 19.4. The molecular formula is C9H16O4S. The van der Waals surface area contributed by atoms with Gasteiger partial charge < -0.3 is 5.11 Å². The van der Waals surface area contributed by atoms with E-state index in [0.717, 1.165) is 19.3 Å². The second kappa shape index (κ2) is 4.77. The van der Waals surface area contributed by atoms with Crippen LogP contribution in [0.5, 0.6) is 0 Å². The molecule has 0 aromatic rings. The molecule has 1 aliphatic rings. The predicted molar refractivity (Wildman–Crippen MR) is 52.9 cm³/mol. The van der Waals surface area contributed by atoms with Gasteiger partial charge in [-0.1, -0.05) is 19.3 Å². The molecule has 0 heterocycles. The molecule has 14 heavy (non-hydrogen) atoms. The Balaban J connectivity index is 2.50. The summed E-state index contributed by atoms with van der Waals surface area (Å²) in [5, 5.41) is 8.13. The molecule has 0 aromatic carbocycles. The number of carboxylic acid groups (broad SMARTS) is 1. The van der Waals surface area contributed by atoms with Crippen molar-refractivity contribution in [1.82, 2.24) is 0 Å². The molecule has 1 aliphatic carbocycles. The molecule has 82 valence electrons. The van der Waals surface area contributed by atoms with E-state index >= 15 is 0 Å². The summed E-state index contributed by atoms with van der Waals surface area (Å²) in [4.78, 5) is 10.3. The van der Waals surface area contributed by atoms with E-state index in [1.165, 1.54) is 0 Å². The Labute approximate surface area is 84.2 Å². The van der Waals surface area contributed by atoms with Crippen LogP contribution < -0.4 is 0 Å². The first-order chi connectivity index (χ1) is 6.52. The van der Waals surface area contributed by atoms with Crippen LogP contribution >= 0.6 is 0 Å². The Morgan fingerprint density at radius 3 is 2.29 bits per heavy atom. The van der Waals surface area contributed by atoms with Gasteiger partial charge in [0.2, 0.25) is 0 Å². The highest BCUT2D eigenvalue weighted by Crippen LogP contribution is 2.24. The Bertz CT molecular complexity index is 288. The molecule has 0 radical (unpaired) electrons. The Hall–Kier alpha value is -0.580. The number of rotatable bonds is 4. The molecule has 0 unspecified atom stereocenters. The molecule has 1 saturated carbocycles. The number of carbonyl (C=O) groups is 1. The van der Waals surface area contributed by atoms with Gasteiger partial charge in [0.25, 0.3) is 0 Å². The van der Waals surface area contributed by atoms with Gasteiger partial charge in [0.05, 0.1) is 17.4 Å². The molecule has 0 atom stereocenters. The predicted octanol–water partition coefficient (Wildman–Crippen LogP) is 1.21. The van der Waals surface area contributed by atoms with E-state index in [1.807, 2.05) is 0 Å². The summed E-state index contributed by atoms with van der Waals surface area (Å²) in [6.45, 7) is 0. The lowest BCUT2D eigenvalue weighted by Gasteiger charge is -2.21. The van der Waals surface area contributed by atoms with Gasteiger partial charge in [-0.05, 0) is 12.8 Å². The fourth-order valence-corrected chi connectivity index (χ4v) is 3.66. The van der Waals surface area contributed by atoms with Gasteiger partial charge >= 0.3 is 5.97 Å². The van der Waals surface area contributed by atoms with Crippen LogP contribution in [0.4, 0.5) is 0 Å². The van der Waals surface area contributed by atoms with E-state index < -0.39 is 15.8 Å². The average Bonchev–Trinajstić information content (AvgIpc) is 2.16. The number of hydrogen-bond donors (Lipinski definition) is 1. The van der Waals surface area contributed by atoms with Crippen LogP contribution in [0.15, 0.2) is 0 Å². The molecule has 1 fully saturated rings. The third-order valence-corrected chi connectivity index (χ3v) is 4.92. The highest BCUT2D eigenvalue weighted by Gasteiger charge is 2.27. The average molecular weight is 220 g/mol. The fraction of sp³-hybridized carbons (Fsp3) is 0.889. The standard InChI is InChI=1S/C9H16O4S/c10-9(11)6-7-14(12,13)8-4-2-1-3-5-8/h8H,1-7H2,(H,10,11). The van der Waals surface area contributed by atoms with Crippen molar-refractivity contribution in [3.8, 4) is 0 Å². The topological polar surface area (TPSA) is 71.4 Å². The molecule has 0 aromatic heterocycles. The van der Waals surface area contributed by atoms with Crippen molar-refractivity contribution in [3.05, 3.63) is 0 Å². The lowest BCUT2D eigenvalue weighted by molar-refractivity contribution is -0.136. The van der Waals surface area contributed by atoms with Crippen LogP contribution in [0.25, 0.3) is 0 Å². The second-order valence-electron chi connectivity index (χ2n) is 3.77. The highest BCUT2D eigenvalue weighted by atomic mass is 32.2. The summed E-state index contributed by atoms with van der Waals surface area (Å²) >= 11 is 0. The van der Waals surface area contributed by atoms with Crippen LogP contribution in [-0.2, 0) is 14.6 Å². The smallest absolute Gasteiger partial charge is 0.304 e. The fourth-order valence-electron chi connectivity index (χ4n) is 1.82. The summed E-state index contributed by atoms with van der Waals surface area (Å²) < 4.78 is 23.3. The maximum absolute atomic E-state index is 11.6. The van der Waals surface area contributed by atoms with E-state index in [1.54, 1.807) is 0 Å². The van der Waals surface area contributed by atoms with Crippen LogP contribution in [0.1, 0.15) is 38.5 Å². The molecule has 0 aliphatic heterocycles. The van der Waals surface area contributed by atoms with E-state index in [9.17, 15) is 13.2 Å². The zero-order valence-electron chi connectivity index (χ0n) is 8.11. The molecule has 0 spiro atoms. The van der Waals surface area contributed by atoms with Gasteiger partial charge in [0, 0.05) is 0 Å². The van der Waals surface area contributed by atoms with Crippen molar-refractivity contribution in [3.63, 3.8) is 0 Å². The van der Waals surface area contributed by atoms with Crippen molar-refractivity contribution >= 4 is 15.8 Å². The summed E-state index contributed by atoms with van der Waals surface area (Å²) in [5.41, 5.74) is 0. The summed E-state index contributed by atoms with van der Waals surface area (Å²) in [5.74, 6) is -1.24. The lowest BCUT2D eigenvalue weighted by atomic mass is 10.0. The van der Waals surface area contributed by atoms with Crippen LogP contribution in [0.3, 0.4) is 0 Å².